The highest BCUT2D eigenvalue weighted by molar-refractivity contribution is 7.86. The molecule has 0 N–H and O–H groups in total. The standard InChI is InChI=1S/C15H20F2O3S/c1-12-7-9-14(10-8-12)21(18,19)20-11-15(16,17)13-5-3-2-4-6-13/h7-10,13H,2-6,11H2,1H3. The summed E-state index contributed by atoms with van der Waals surface area (Å²) in [5.41, 5.74) is 0.890. The van der Waals surface area contributed by atoms with E-state index in [1.165, 1.54) is 12.1 Å². The largest absolute Gasteiger partial charge is 0.297 e. The predicted molar refractivity (Wildman–Crippen MR) is 75.8 cm³/mol. The van der Waals surface area contributed by atoms with Gasteiger partial charge in [-0.25, -0.2) is 8.78 Å². The maximum Gasteiger partial charge on any atom is 0.297 e. The number of hydrogen-bond acceptors (Lipinski definition) is 3. The van der Waals surface area contributed by atoms with E-state index in [-0.39, 0.29) is 4.90 Å². The van der Waals surface area contributed by atoms with Crippen LogP contribution in [0.5, 0.6) is 0 Å². The van der Waals surface area contributed by atoms with E-state index in [4.69, 9.17) is 0 Å². The number of hydrogen-bond donors (Lipinski definition) is 0. The van der Waals surface area contributed by atoms with Gasteiger partial charge < -0.3 is 0 Å². The Morgan fingerprint density at radius 3 is 2.29 bits per heavy atom. The van der Waals surface area contributed by atoms with Gasteiger partial charge in [-0.3, -0.25) is 4.18 Å². The summed E-state index contributed by atoms with van der Waals surface area (Å²) in [5, 5.41) is 0. The van der Waals surface area contributed by atoms with Crippen molar-refractivity contribution >= 4 is 10.1 Å². The molecule has 1 fully saturated rings. The molecule has 3 nitrogen and oxygen atoms in total. The zero-order valence-electron chi connectivity index (χ0n) is 12.0. The Bertz CT molecular complexity index is 561. The predicted octanol–water partition coefficient (Wildman–Crippen LogP) is 3.92. The second-order valence-corrected chi connectivity index (χ2v) is 7.24. The molecule has 0 amide bonds. The Balaban J connectivity index is 2.01. The van der Waals surface area contributed by atoms with Crippen LogP contribution in [0.4, 0.5) is 8.78 Å². The smallest absolute Gasteiger partial charge is 0.260 e. The van der Waals surface area contributed by atoms with Crippen molar-refractivity contribution in [3.8, 4) is 0 Å². The first kappa shape index (κ1) is 16.4. The van der Waals surface area contributed by atoms with Gasteiger partial charge in [-0.15, -0.1) is 0 Å². The van der Waals surface area contributed by atoms with E-state index in [0.717, 1.165) is 24.8 Å². The first-order chi connectivity index (χ1) is 9.81. The Hall–Kier alpha value is -1.01. The molecule has 0 radical (unpaired) electrons. The summed E-state index contributed by atoms with van der Waals surface area (Å²) in [6.45, 7) is 0.738. The highest BCUT2D eigenvalue weighted by atomic mass is 32.2. The summed E-state index contributed by atoms with van der Waals surface area (Å²) >= 11 is 0. The third kappa shape index (κ3) is 4.23. The van der Waals surface area contributed by atoms with Crippen molar-refractivity contribution in [1.82, 2.24) is 0 Å². The third-order valence-corrected chi connectivity index (χ3v) is 5.20. The fourth-order valence-corrected chi connectivity index (χ4v) is 3.49. The van der Waals surface area contributed by atoms with Crippen molar-refractivity contribution in [2.45, 2.75) is 49.8 Å². The lowest BCUT2D eigenvalue weighted by Gasteiger charge is -2.29. The molecule has 118 valence electrons. The number of benzene rings is 1. The number of aryl methyl sites for hydroxylation is 1. The fraction of sp³-hybridized carbons (Fsp3) is 0.600. The molecular weight excluding hydrogens is 298 g/mol. The fourth-order valence-electron chi connectivity index (χ4n) is 2.57. The monoisotopic (exact) mass is 318 g/mol. The van der Waals surface area contributed by atoms with Gasteiger partial charge in [-0.05, 0) is 31.9 Å². The molecule has 0 saturated heterocycles. The zero-order chi connectivity index (χ0) is 15.5. The van der Waals surface area contributed by atoms with E-state index in [1.54, 1.807) is 12.1 Å². The van der Waals surface area contributed by atoms with Crippen molar-refractivity contribution in [2.75, 3.05) is 6.61 Å². The molecule has 0 spiro atoms. The van der Waals surface area contributed by atoms with Gasteiger partial charge in [-0.1, -0.05) is 37.0 Å². The lowest BCUT2D eigenvalue weighted by Crippen LogP contribution is -2.35. The van der Waals surface area contributed by atoms with Crippen LogP contribution in [0.3, 0.4) is 0 Å². The van der Waals surface area contributed by atoms with Crippen molar-refractivity contribution in [2.24, 2.45) is 5.92 Å². The Kier molecular flexibility index (Phi) is 4.99. The summed E-state index contributed by atoms with van der Waals surface area (Å²) in [6.07, 6.45) is 3.37. The maximum atomic E-state index is 14.0. The highest BCUT2D eigenvalue weighted by Crippen LogP contribution is 2.37. The van der Waals surface area contributed by atoms with Crippen LogP contribution in [0, 0.1) is 12.8 Å². The SMILES string of the molecule is Cc1ccc(S(=O)(=O)OCC(F)(F)C2CCCCC2)cc1. The molecule has 21 heavy (non-hydrogen) atoms. The second-order valence-electron chi connectivity index (χ2n) is 5.63. The van der Waals surface area contributed by atoms with Gasteiger partial charge in [0.05, 0.1) is 4.90 Å². The molecule has 0 atom stereocenters. The molecule has 1 aliphatic rings. The number of halogens is 2. The average Bonchev–Trinajstić information content (AvgIpc) is 2.47. The molecule has 1 aromatic carbocycles. The summed E-state index contributed by atoms with van der Waals surface area (Å²) in [4.78, 5) is -0.0902. The first-order valence-corrected chi connectivity index (χ1v) is 8.56. The van der Waals surface area contributed by atoms with Crippen LogP contribution in [0.15, 0.2) is 29.2 Å². The van der Waals surface area contributed by atoms with Crippen LogP contribution in [0.1, 0.15) is 37.7 Å². The van der Waals surface area contributed by atoms with Crippen LogP contribution < -0.4 is 0 Å². The molecule has 0 bridgehead atoms. The van der Waals surface area contributed by atoms with E-state index in [9.17, 15) is 17.2 Å². The Morgan fingerprint density at radius 1 is 1.14 bits per heavy atom. The lowest BCUT2D eigenvalue weighted by atomic mass is 9.85. The number of rotatable bonds is 5. The van der Waals surface area contributed by atoms with Crippen molar-refractivity contribution < 1.29 is 21.4 Å². The second kappa shape index (κ2) is 6.40. The van der Waals surface area contributed by atoms with Gasteiger partial charge in [0.2, 0.25) is 0 Å². The van der Waals surface area contributed by atoms with E-state index >= 15 is 0 Å². The summed E-state index contributed by atoms with van der Waals surface area (Å²) in [6, 6.07) is 5.94. The molecule has 2 rings (SSSR count). The molecule has 1 saturated carbocycles. The molecule has 0 unspecified atom stereocenters. The summed E-state index contributed by atoms with van der Waals surface area (Å²) < 4.78 is 56.5. The minimum Gasteiger partial charge on any atom is -0.260 e. The van der Waals surface area contributed by atoms with Gasteiger partial charge in [0, 0.05) is 5.92 Å². The van der Waals surface area contributed by atoms with Crippen molar-refractivity contribution in [3.05, 3.63) is 29.8 Å². The van der Waals surface area contributed by atoms with Gasteiger partial charge in [0.25, 0.3) is 16.0 Å². The molecule has 6 heteroatoms. The molecule has 1 aromatic rings. The van der Waals surface area contributed by atoms with E-state index in [2.05, 4.69) is 4.18 Å². The van der Waals surface area contributed by atoms with Crippen LogP contribution in [0.25, 0.3) is 0 Å². The molecule has 1 aliphatic carbocycles. The minimum absolute atomic E-state index is 0.0902. The van der Waals surface area contributed by atoms with Crippen LogP contribution >= 0.6 is 0 Å². The summed E-state index contributed by atoms with van der Waals surface area (Å²) in [5.74, 6) is -3.88. The van der Waals surface area contributed by atoms with Gasteiger partial charge in [0.1, 0.15) is 6.61 Å². The maximum absolute atomic E-state index is 14.0. The summed E-state index contributed by atoms with van der Waals surface area (Å²) in [7, 11) is -4.13. The van der Waals surface area contributed by atoms with Gasteiger partial charge in [-0.2, -0.15) is 8.42 Å². The Labute approximate surface area is 124 Å². The molecule has 0 heterocycles. The van der Waals surface area contributed by atoms with Gasteiger partial charge in [0.15, 0.2) is 0 Å². The van der Waals surface area contributed by atoms with Crippen LogP contribution in [-0.2, 0) is 14.3 Å². The quantitative estimate of drug-likeness (QED) is 0.773. The highest BCUT2D eigenvalue weighted by Gasteiger charge is 2.41. The van der Waals surface area contributed by atoms with Crippen LogP contribution in [-0.4, -0.2) is 20.9 Å². The molecular formula is C15H20F2O3S. The topological polar surface area (TPSA) is 43.4 Å². The zero-order valence-corrected chi connectivity index (χ0v) is 12.8. The van der Waals surface area contributed by atoms with Crippen molar-refractivity contribution in [1.29, 1.82) is 0 Å². The van der Waals surface area contributed by atoms with E-state index in [1.807, 2.05) is 6.92 Å². The third-order valence-electron chi connectivity index (χ3n) is 3.92. The van der Waals surface area contributed by atoms with Gasteiger partial charge >= 0.3 is 0 Å². The average molecular weight is 318 g/mol. The van der Waals surface area contributed by atoms with Crippen LogP contribution in [0.2, 0.25) is 0 Å². The minimum atomic E-state index is -4.13. The molecule has 0 aromatic heterocycles. The number of alkyl halides is 2. The van der Waals surface area contributed by atoms with Crippen molar-refractivity contribution in [3.63, 3.8) is 0 Å². The van der Waals surface area contributed by atoms with E-state index < -0.39 is 28.6 Å². The first-order valence-electron chi connectivity index (χ1n) is 7.15. The Morgan fingerprint density at radius 2 is 1.71 bits per heavy atom. The molecule has 0 aliphatic heterocycles. The lowest BCUT2D eigenvalue weighted by molar-refractivity contribution is -0.0989. The normalized spacial score (nSPS) is 17.9. The van der Waals surface area contributed by atoms with E-state index in [0.29, 0.717) is 12.8 Å².